The van der Waals surface area contributed by atoms with E-state index in [-0.39, 0.29) is 30.3 Å². The standard InChI is InChI=1S/C22H27N3O2.ClH/c1-16-8-6-7-11-19(16)20(26)24-18-12-14-25(15-13-18)21(27)22(2,23)17-9-4-3-5-10-17;/h3-11,18H,12-15,23H2,1-2H3,(H,24,26);1H. The Balaban J connectivity index is 0.00000280. The van der Waals surface area contributed by atoms with E-state index in [0.717, 1.165) is 24.0 Å². The number of rotatable bonds is 4. The number of amides is 2. The molecule has 3 rings (SSSR count). The molecule has 2 amide bonds. The molecule has 2 aromatic carbocycles. The number of benzene rings is 2. The van der Waals surface area contributed by atoms with Crippen molar-refractivity contribution in [2.75, 3.05) is 13.1 Å². The average Bonchev–Trinajstić information content (AvgIpc) is 2.69. The van der Waals surface area contributed by atoms with Gasteiger partial charge >= 0.3 is 0 Å². The molecule has 1 aliphatic rings. The summed E-state index contributed by atoms with van der Waals surface area (Å²) in [4.78, 5) is 27.2. The molecule has 28 heavy (non-hydrogen) atoms. The molecule has 0 radical (unpaired) electrons. The molecule has 0 bridgehead atoms. The predicted molar refractivity (Wildman–Crippen MR) is 113 cm³/mol. The topological polar surface area (TPSA) is 75.4 Å². The molecule has 3 N–H and O–H groups in total. The molecule has 1 atom stereocenters. The van der Waals surface area contributed by atoms with Crippen LogP contribution >= 0.6 is 12.4 Å². The highest BCUT2D eigenvalue weighted by Crippen LogP contribution is 2.23. The van der Waals surface area contributed by atoms with E-state index in [4.69, 9.17) is 5.73 Å². The third-order valence-electron chi connectivity index (χ3n) is 5.32. The van der Waals surface area contributed by atoms with Crippen LogP contribution in [0.2, 0.25) is 0 Å². The van der Waals surface area contributed by atoms with Crippen LogP contribution in [-0.2, 0) is 10.3 Å². The quantitative estimate of drug-likeness (QED) is 0.826. The van der Waals surface area contributed by atoms with Crippen LogP contribution in [0.25, 0.3) is 0 Å². The molecule has 0 saturated carbocycles. The molecule has 2 aromatic rings. The third-order valence-corrected chi connectivity index (χ3v) is 5.32. The fourth-order valence-electron chi connectivity index (χ4n) is 3.55. The highest BCUT2D eigenvalue weighted by Gasteiger charge is 2.36. The van der Waals surface area contributed by atoms with E-state index in [1.807, 2.05) is 66.4 Å². The van der Waals surface area contributed by atoms with Crippen molar-refractivity contribution in [2.24, 2.45) is 5.73 Å². The van der Waals surface area contributed by atoms with Crippen LogP contribution in [0, 0.1) is 6.92 Å². The molecule has 1 aliphatic heterocycles. The van der Waals surface area contributed by atoms with Gasteiger partial charge < -0.3 is 16.0 Å². The normalized spacial score (nSPS) is 16.6. The summed E-state index contributed by atoms with van der Waals surface area (Å²) in [5.74, 6) is -0.122. The SMILES string of the molecule is Cc1ccccc1C(=O)NC1CCN(C(=O)C(C)(N)c2ccccc2)CC1.Cl. The zero-order valence-corrected chi connectivity index (χ0v) is 17.2. The van der Waals surface area contributed by atoms with Gasteiger partial charge in [-0.15, -0.1) is 12.4 Å². The van der Waals surface area contributed by atoms with Gasteiger partial charge in [-0.05, 0) is 43.9 Å². The van der Waals surface area contributed by atoms with E-state index in [9.17, 15) is 9.59 Å². The molecule has 1 saturated heterocycles. The van der Waals surface area contributed by atoms with Crippen molar-refractivity contribution < 1.29 is 9.59 Å². The van der Waals surface area contributed by atoms with E-state index >= 15 is 0 Å². The zero-order valence-electron chi connectivity index (χ0n) is 16.4. The second-order valence-corrected chi connectivity index (χ2v) is 7.42. The maximum absolute atomic E-state index is 12.9. The Kier molecular flexibility index (Phi) is 7.22. The fourth-order valence-corrected chi connectivity index (χ4v) is 3.55. The van der Waals surface area contributed by atoms with Gasteiger partial charge in [-0.1, -0.05) is 48.5 Å². The van der Waals surface area contributed by atoms with Gasteiger partial charge in [0.25, 0.3) is 5.91 Å². The van der Waals surface area contributed by atoms with E-state index in [0.29, 0.717) is 18.7 Å². The van der Waals surface area contributed by atoms with Gasteiger partial charge in [0.05, 0.1) is 0 Å². The van der Waals surface area contributed by atoms with Crippen molar-refractivity contribution in [1.82, 2.24) is 10.2 Å². The summed E-state index contributed by atoms with van der Waals surface area (Å²) in [6.07, 6.45) is 1.46. The number of likely N-dealkylation sites (tertiary alicyclic amines) is 1. The number of hydrogen-bond acceptors (Lipinski definition) is 3. The van der Waals surface area contributed by atoms with Gasteiger partial charge in [0.2, 0.25) is 5.91 Å². The number of nitrogens with two attached hydrogens (primary N) is 1. The highest BCUT2D eigenvalue weighted by atomic mass is 35.5. The monoisotopic (exact) mass is 401 g/mol. The van der Waals surface area contributed by atoms with E-state index in [1.165, 1.54) is 0 Å². The summed E-state index contributed by atoms with van der Waals surface area (Å²) in [6, 6.07) is 17.1. The van der Waals surface area contributed by atoms with Gasteiger partial charge in [0.15, 0.2) is 0 Å². The lowest BCUT2D eigenvalue weighted by Crippen LogP contribution is -2.55. The smallest absolute Gasteiger partial charge is 0.251 e. The number of hydrogen-bond donors (Lipinski definition) is 2. The van der Waals surface area contributed by atoms with Crippen LogP contribution in [0.1, 0.15) is 41.3 Å². The molecule has 0 aromatic heterocycles. The molecule has 1 heterocycles. The second-order valence-electron chi connectivity index (χ2n) is 7.42. The minimum atomic E-state index is -1.04. The van der Waals surface area contributed by atoms with Gasteiger partial charge in [-0.3, -0.25) is 9.59 Å². The van der Waals surface area contributed by atoms with Gasteiger partial charge in [-0.25, -0.2) is 0 Å². The van der Waals surface area contributed by atoms with Crippen LogP contribution in [0.4, 0.5) is 0 Å². The van der Waals surface area contributed by atoms with Crippen LogP contribution in [0.3, 0.4) is 0 Å². The Hall–Kier alpha value is -2.37. The van der Waals surface area contributed by atoms with E-state index in [1.54, 1.807) is 6.92 Å². The summed E-state index contributed by atoms with van der Waals surface area (Å²) in [5.41, 5.74) is 7.79. The summed E-state index contributed by atoms with van der Waals surface area (Å²) < 4.78 is 0. The molecule has 0 aliphatic carbocycles. The summed E-state index contributed by atoms with van der Waals surface area (Å²) in [7, 11) is 0. The molecule has 1 fully saturated rings. The number of piperidine rings is 1. The van der Waals surface area contributed by atoms with Crippen LogP contribution in [-0.4, -0.2) is 35.8 Å². The molecule has 1 unspecified atom stereocenters. The Morgan fingerprint density at radius 1 is 1.04 bits per heavy atom. The Morgan fingerprint density at radius 3 is 2.21 bits per heavy atom. The van der Waals surface area contributed by atoms with Gasteiger partial charge in [0.1, 0.15) is 5.54 Å². The van der Waals surface area contributed by atoms with Crippen molar-refractivity contribution in [3.8, 4) is 0 Å². The molecule has 5 nitrogen and oxygen atoms in total. The predicted octanol–water partition coefficient (Wildman–Crippen LogP) is 3.01. The minimum absolute atomic E-state index is 0. The molecule has 150 valence electrons. The Morgan fingerprint density at radius 2 is 1.61 bits per heavy atom. The Bertz CT molecular complexity index is 816. The number of carbonyl (C=O) groups is 2. The number of carbonyl (C=O) groups excluding carboxylic acids is 2. The van der Waals surface area contributed by atoms with Crippen molar-refractivity contribution >= 4 is 24.2 Å². The molecule has 0 spiro atoms. The summed E-state index contributed by atoms with van der Waals surface area (Å²) in [6.45, 7) is 4.88. The average molecular weight is 402 g/mol. The van der Waals surface area contributed by atoms with Gasteiger partial charge in [-0.2, -0.15) is 0 Å². The number of nitrogens with one attached hydrogen (secondary N) is 1. The Labute approximate surface area is 172 Å². The van der Waals surface area contributed by atoms with Crippen molar-refractivity contribution in [1.29, 1.82) is 0 Å². The summed E-state index contributed by atoms with van der Waals surface area (Å²) >= 11 is 0. The number of aryl methyl sites for hydroxylation is 1. The maximum Gasteiger partial charge on any atom is 0.251 e. The zero-order chi connectivity index (χ0) is 19.4. The first-order chi connectivity index (χ1) is 12.9. The molecule has 6 heteroatoms. The maximum atomic E-state index is 12.9. The lowest BCUT2D eigenvalue weighted by molar-refractivity contribution is -0.137. The lowest BCUT2D eigenvalue weighted by atomic mass is 9.90. The first-order valence-electron chi connectivity index (χ1n) is 9.40. The fraction of sp³-hybridized carbons (Fsp3) is 0.364. The second kappa shape index (κ2) is 9.22. The lowest BCUT2D eigenvalue weighted by Gasteiger charge is -2.37. The molecular weight excluding hydrogens is 374 g/mol. The van der Waals surface area contributed by atoms with Crippen LogP contribution in [0.5, 0.6) is 0 Å². The highest BCUT2D eigenvalue weighted by molar-refractivity contribution is 5.95. The minimum Gasteiger partial charge on any atom is -0.349 e. The third kappa shape index (κ3) is 4.72. The number of halogens is 1. The van der Waals surface area contributed by atoms with Crippen LogP contribution < -0.4 is 11.1 Å². The number of nitrogens with zero attached hydrogens (tertiary/aromatic N) is 1. The van der Waals surface area contributed by atoms with E-state index in [2.05, 4.69) is 5.32 Å². The van der Waals surface area contributed by atoms with Gasteiger partial charge in [0, 0.05) is 24.7 Å². The molecular formula is C22H28ClN3O2. The first kappa shape index (κ1) is 21.9. The summed E-state index contributed by atoms with van der Waals surface area (Å²) in [5, 5.41) is 3.10. The van der Waals surface area contributed by atoms with Crippen LogP contribution in [0.15, 0.2) is 54.6 Å². The van der Waals surface area contributed by atoms with Crippen molar-refractivity contribution in [3.05, 3.63) is 71.3 Å². The van der Waals surface area contributed by atoms with Crippen molar-refractivity contribution in [3.63, 3.8) is 0 Å². The van der Waals surface area contributed by atoms with Crippen molar-refractivity contribution in [2.45, 2.75) is 38.3 Å². The largest absolute Gasteiger partial charge is 0.349 e. The van der Waals surface area contributed by atoms with E-state index < -0.39 is 5.54 Å². The first-order valence-corrected chi connectivity index (χ1v) is 9.40.